The molecule has 182 valence electrons. The van der Waals surface area contributed by atoms with Crippen LogP contribution in [0.3, 0.4) is 0 Å². The molecule has 0 aromatic heterocycles. The molecule has 1 aliphatic rings. The summed E-state index contributed by atoms with van der Waals surface area (Å²) in [5, 5.41) is 8.89. The highest BCUT2D eigenvalue weighted by atomic mass is 16.5. The molecule has 0 aromatic carbocycles. The van der Waals surface area contributed by atoms with Crippen molar-refractivity contribution in [2.24, 2.45) is 0 Å². The van der Waals surface area contributed by atoms with Gasteiger partial charge in [-0.15, -0.1) is 0 Å². The van der Waals surface area contributed by atoms with Gasteiger partial charge < -0.3 is 14.6 Å². The number of carbonyl (C=O) groups excluding carboxylic acids is 2. The monoisotopic (exact) mass is 447 g/mol. The van der Waals surface area contributed by atoms with E-state index in [1.165, 1.54) is 77.0 Å². The quantitative estimate of drug-likeness (QED) is 0.128. The van der Waals surface area contributed by atoms with Crippen LogP contribution in [0.1, 0.15) is 104 Å². The average molecular weight is 448 g/mol. The molecule has 0 unspecified atom stereocenters. The first-order valence-electron chi connectivity index (χ1n) is 12.4. The highest BCUT2D eigenvalue weighted by Crippen LogP contribution is 2.11. The van der Waals surface area contributed by atoms with Crippen LogP contribution in [-0.4, -0.2) is 36.4 Å². The number of rotatable bonds is 17. The molecule has 0 saturated heterocycles. The molecule has 0 spiro atoms. The Hall–Kier alpha value is -2.17. The van der Waals surface area contributed by atoms with E-state index >= 15 is 0 Å². The van der Waals surface area contributed by atoms with Gasteiger partial charge in [0.05, 0.1) is 6.61 Å². The van der Waals surface area contributed by atoms with Gasteiger partial charge in [0.2, 0.25) is 0 Å². The molecule has 0 saturated carbocycles. The van der Waals surface area contributed by atoms with Gasteiger partial charge in [-0.2, -0.15) is 4.58 Å². The molecule has 32 heavy (non-hydrogen) atoms. The van der Waals surface area contributed by atoms with Crippen molar-refractivity contribution < 1.29 is 24.0 Å². The SMILES string of the molecule is C=[N+]1CC=CC=C1C(=O)OCCCCCCCC/C=C\CCCCCCCC.CC(=O)[O-]. The van der Waals surface area contributed by atoms with Crippen molar-refractivity contribution >= 4 is 18.7 Å². The van der Waals surface area contributed by atoms with Crippen molar-refractivity contribution in [3.05, 3.63) is 36.1 Å². The Morgan fingerprint density at radius 1 is 0.969 bits per heavy atom. The molecule has 0 amide bonds. The van der Waals surface area contributed by atoms with Crippen molar-refractivity contribution in [1.29, 1.82) is 0 Å². The van der Waals surface area contributed by atoms with Gasteiger partial charge in [0.1, 0.15) is 6.72 Å². The number of hydrogen-bond acceptors (Lipinski definition) is 4. The molecule has 0 radical (unpaired) electrons. The number of carboxylic acids is 1. The number of carbonyl (C=O) groups is 2. The molecule has 5 nitrogen and oxygen atoms in total. The molecular weight excluding hydrogens is 402 g/mol. The fourth-order valence-electron chi connectivity index (χ4n) is 3.34. The number of aliphatic carboxylic acids is 1. The number of allylic oxidation sites excluding steroid dienone is 4. The highest BCUT2D eigenvalue weighted by molar-refractivity contribution is 5.86. The smallest absolute Gasteiger partial charge is 0.403 e. The first kappa shape index (κ1) is 29.8. The second-order valence-electron chi connectivity index (χ2n) is 8.27. The summed E-state index contributed by atoms with van der Waals surface area (Å²) in [6.07, 6.45) is 28.3. The Balaban J connectivity index is 0.00000220. The number of carboxylic acid groups (broad SMARTS) is 1. The van der Waals surface area contributed by atoms with Gasteiger partial charge in [0.25, 0.3) is 5.70 Å². The summed E-state index contributed by atoms with van der Waals surface area (Å²) in [6.45, 7) is 8.25. The normalized spacial score (nSPS) is 12.9. The second kappa shape index (κ2) is 22.0. The zero-order valence-corrected chi connectivity index (χ0v) is 20.5. The summed E-state index contributed by atoms with van der Waals surface area (Å²) in [5.41, 5.74) is 0.548. The number of hydrogen-bond donors (Lipinski definition) is 0. The van der Waals surface area contributed by atoms with Gasteiger partial charge >= 0.3 is 5.97 Å². The minimum absolute atomic E-state index is 0.257. The molecule has 0 aliphatic carbocycles. The Morgan fingerprint density at radius 3 is 2.00 bits per heavy atom. The van der Waals surface area contributed by atoms with Crippen LogP contribution in [0, 0.1) is 0 Å². The summed E-state index contributed by atoms with van der Waals surface area (Å²) in [4.78, 5) is 20.8. The first-order valence-corrected chi connectivity index (χ1v) is 12.4. The van der Waals surface area contributed by atoms with Crippen LogP contribution in [0.15, 0.2) is 36.1 Å². The molecule has 1 rings (SSSR count). The molecule has 0 fully saturated rings. The first-order chi connectivity index (χ1) is 15.5. The van der Waals surface area contributed by atoms with E-state index in [9.17, 15) is 4.79 Å². The zero-order chi connectivity index (χ0) is 23.9. The largest absolute Gasteiger partial charge is 0.550 e. The van der Waals surface area contributed by atoms with E-state index in [0.717, 1.165) is 19.8 Å². The average Bonchev–Trinajstić information content (AvgIpc) is 2.75. The van der Waals surface area contributed by atoms with Gasteiger partial charge in [-0.3, -0.25) is 0 Å². The number of nitrogens with zero attached hydrogens (tertiary/aromatic N) is 1. The fourth-order valence-corrected chi connectivity index (χ4v) is 3.34. The number of ether oxygens (including phenoxy) is 1. The zero-order valence-electron chi connectivity index (χ0n) is 20.5. The Morgan fingerprint density at radius 2 is 1.47 bits per heavy atom. The minimum atomic E-state index is -1.08. The molecule has 1 aliphatic heterocycles. The highest BCUT2D eigenvalue weighted by Gasteiger charge is 2.22. The van der Waals surface area contributed by atoms with Crippen LogP contribution in [0.25, 0.3) is 0 Å². The van der Waals surface area contributed by atoms with Crippen LogP contribution >= 0.6 is 0 Å². The maximum absolute atomic E-state index is 12.0. The predicted octanol–water partition coefficient (Wildman–Crippen LogP) is 5.49. The van der Waals surface area contributed by atoms with Gasteiger partial charge in [-0.25, -0.2) is 4.79 Å². The van der Waals surface area contributed by atoms with E-state index in [4.69, 9.17) is 14.6 Å². The maximum atomic E-state index is 12.0. The van der Waals surface area contributed by atoms with Crippen molar-refractivity contribution in [3.63, 3.8) is 0 Å². The summed E-state index contributed by atoms with van der Waals surface area (Å²) < 4.78 is 7.01. The predicted molar refractivity (Wildman–Crippen MR) is 131 cm³/mol. The van der Waals surface area contributed by atoms with E-state index in [2.05, 4.69) is 25.8 Å². The van der Waals surface area contributed by atoms with Crippen molar-refractivity contribution in [3.8, 4) is 0 Å². The summed E-state index contributed by atoms with van der Waals surface area (Å²) >= 11 is 0. The van der Waals surface area contributed by atoms with Gasteiger partial charge in [0, 0.05) is 12.0 Å². The standard InChI is InChI=1S/C25H42NO2.C2H4O2/c1-3-4-5-6-7-8-9-10-11-12-13-14-15-16-17-20-23-28-25(27)24-21-18-19-22-26(24)2;1-2(3)4/h10-11,18-19,21H,2-9,12-17,20,22-23H2,1H3;1H3,(H,3,4)/q+1;/p-1/b11-10-;. The maximum Gasteiger partial charge on any atom is 0.403 e. The molecule has 0 aromatic rings. The molecule has 0 N–H and O–H groups in total. The van der Waals surface area contributed by atoms with Crippen LogP contribution < -0.4 is 5.11 Å². The minimum Gasteiger partial charge on any atom is -0.550 e. The van der Waals surface area contributed by atoms with Crippen molar-refractivity contribution in [2.75, 3.05) is 13.2 Å². The lowest BCUT2D eigenvalue weighted by atomic mass is 10.1. The van der Waals surface area contributed by atoms with Crippen LogP contribution in [0.2, 0.25) is 0 Å². The summed E-state index contributed by atoms with van der Waals surface area (Å²) in [6, 6.07) is 0. The number of unbranched alkanes of at least 4 members (excludes halogenated alkanes) is 12. The van der Waals surface area contributed by atoms with E-state index in [1.54, 1.807) is 10.7 Å². The lowest BCUT2D eigenvalue weighted by molar-refractivity contribution is -0.454. The van der Waals surface area contributed by atoms with Gasteiger partial charge in [-0.05, 0) is 45.1 Å². The van der Waals surface area contributed by atoms with E-state index in [-0.39, 0.29) is 5.97 Å². The molecule has 1 heterocycles. The van der Waals surface area contributed by atoms with Crippen LogP contribution in [0.5, 0.6) is 0 Å². The fraction of sp³-hybridized carbons (Fsp3) is 0.667. The van der Waals surface area contributed by atoms with Crippen molar-refractivity contribution in [1.82, 2.24) is 0 Å². The topological polar surface area (TPSA) is 69.4 Å². The molecular formula is C27H45NO4. The van der Waals surface area contributed by atoms with Gasteiger partial charge in [0.15, 0.2) is 6.54 Å². The third-order valence-electron chi connectivity index (χ3n) is 5.16. The van der Waals surface area contributed by atoms with E-state index in [1.807, 2.05) is 12.2 Å². The molecule has 5 heteroatoms. The summed E-state index contributed by atoms with van der Waals surface area (Å²) in [5.74, 6) is -1.34. The third-order valence-corrected chi connectivity index (χ3v) is 5.16. The second-order valence-corrected chi connectivity index (χ2v) is 8.27. The van der Waals surface area contributed by atoms with Crippen LogP contribution in [-0.2, 0) is 14.3 Å². The van der Waals surface area contributed by atoms with E-state index in [0.29, 0.717) is 18.8 Å². The van der Waals surface area contributed by atoms with Gasteiger partial charge in [-0.1, -0.05) is 82.9 Å². The van der Waals surface area contributed by atoms with E-state index < -0.39 is 5.97 Å². The molecule has 0 bridgehead atoms. The van der Waals surface area contributed by atoms with Crippen LogP contribution in [0.4, 0.5) is 0 Å². The Kier molecular flexibility index (Phi) is 20.5. The van der Waals surface area contributed by atoms with Crippen molar-refractivity contribution in [2.45, 2.75) is 104 Å². The number of esters is 1. The Labute approximate surface area is 195 Å². The summed E-state index contributed by atoms with van der Waals surface area (Å²) in [7, 11) is 0. The Bertz CT molecular complexity index is 601. The lowest BCUT2D eigenvalue weighted by Gasteiger charge is -2.07. The molecule has 0 atom stereocenters. The lowest BCUT2D eigenvalue weighted by Crippen LogP contribution is -2.21. The third kappa shape index (κ3) is 19.8.